The summed E-state index contributed by atoms with van der Waals surface area (Å²) in [7, 11) is 0. The Morgan fingerprint density at radius 2 is 1.97 bits per heavy atom. The first kappa shape index (κ1) is 23.9. The molecule has 11 heteroatoms. The van der Waals surface area contributed by atoms with Crippen LogP contribution in [0.25, 0.3) is 0 Å². The molecule has 3 aromatic rings. The van der Waals surface area contributed by atoms with Crippen molar-refractivity contribution in [1.82, 2.24) is 19.3 Å². The van der Waals surface area contributed by atoms with E-state index in [9.17, 15) is 18.0 Å². The number of Topliss-reactive ketones (excluding diaryl/α,β-unsaturated/α-hetero) is 1. The number of fused-ring (bicyclic) bond motifs is 1. The van der Waals surface area contributed by atoms with Crippen molar-refractivity contribution in [2.75, 3.05) is 12.4 Å². The molecule has 0 bridgehead atoms. The van der Waals surface area contributed by atoms with Crippen LogP contribution in [-0.2, 0) is 13.1 Å². The topological polar surface area (TPSA) is 71.2 Å². The van der Waals surface area contributed by atoms with Crippen LogP contribution in [-0.4, -0.2) is 43.7 Å². The highest BCUT2D eigenvalue weighted by atomic mass is 32.2. The third-order valence-electron chi connectivity index (χ3n) is 5.40. The van der Waals surface area contributed by atoms with E-state index in [0.717, 1.165) is 16.3 Å². The van der Waals surface area contributed by atoms with Crippen LogP contribution in [0.2, 0.25) is 0 Å². The molecule has 0 N–H and O–H groups in total. The molecule has 0 spiro atoms. The number of rotatable bonds is 8. The van der Waals surface area contributed by atoms with E-state index in [1.54, 1.807) is 23.6 Å². The lowest BCUT2D eigenvalue weighted by molar-refractivity contribution is -0.141. The summed E-state index contributed by atoms with van der Waals surface area (Å²) in [5.41, 5.74) is 0.944. The van der Waals surface area contributed by atoms with Gasteiger partial charge in [-0.3, -0.25) is 9.36 Å². The van der Waals surface area contributed by atoms with Crippen LogP contribution >= 0.6 is 11.8 Å². The molecular formula is C23H23F3N4O3S. The van der Waals surface area contributed by atoms with E-state index in [1.807, 2.05) is 18.2 Å². The number of hydrogen-bond acceptors (Lipinski definition) is 6. The van der Waals surface area contributed by atoms with Gasteiger partial charge >= 0.3 is 6.18 Å². The van der Waals surface area contributed by atoms with Crippen molar-refractivity contribution in [3.05, 3.63) is 65.8 Å². The lowest BCUT2D eigenvalue weighted by Gasteiger charge is -2.26. The van der Waals surface area contributed by atoms with Crippen molar-refractivity contribution in [2.24, 2.45) is 0 Å². The first-order valence-corrected chi connectivity index (χ1v) is 11.5. The number of ether oxygens (including phenoxy) is 2. The molecule has 3 heterocycles. The molecule has 0 radical (unpaired) electrons. The summed E-state index contributed by atoms with van der Waals surface area (Å²) in [6, 6.07) is 8.82. The number of aryl methyl sites for hydroxylation is 1. The zero-order valence-electron chi connectivity index (χ0n) is 18.6. The summed E-state index contributed by atoms with van der Waals surface area (Å²) in [5, 5.41) is 8.95. The molecule has 180 valence electrons. The van der Waals surface area contributed by atoms with Crippen LogP contribution in [0.4, 0.5) is 13.2 Å². The molecule has 0 unspecified atom stereocenters. The number of ketones is 1. The van der Waals surface area contributed by atoms with Crippen LogP contribution in [0.15, 0.2) is 48.1 Å². The molecule has 4 rings (SSSR count). The second-order valence-electron chi connectivity index (χ2n) is 7.80. The van der Waals surface area contributed by atoms with Crippen molar-refractivity contribution in [1.29, 1.82) is 0 Å². The average Bonchev–Trinajstić information content (AvgIpc) is 3.32. The number of hydrogen-bond donors (Lipinski definition) is 0. The third kappa shape index (κ3) is 4.98. The minimum atomic E-state index is -4.37. The Bertz CT molecular complexity index is 1220. The fourth-order valence-corrected chi connectivity index (χ4v) is 4.64. The van der Waals surface area contributed by atoms with Crippen molar-refractivity contribution in [2.45, 2.75) is 44.4 Å². The minimum absolute atomic E-state index is 0.00353. The summed E-state index contributed by atoms with van der Waals surface area (Å²) >= 11 is 1.16. The van der Waals surface area contributed by atoms with E-state index in [-0.39, 0.29) is 23.7 Å². The van der Waals surface area contributed by atoms with E-state index < -0.39 is 18.8 Å². The van der Waals surface area contributed by atoms with Gasteiger partial charge in [0, 0.05) is 23.5 Å². The van der Waals surface area contributed by atoms with Gasteiger partial charge in [0.2, 0.25) is 0 Å². The Morgan fingerprint density at radius 1 is 1.24 bits per heavy atom. The molecule has 0 fully saturated rings. The number of carbonyl (C=O) groups is 1. The fourth-order valence-electron chi connectivity index (χ4n) is 3.81. The van der Waals surface area contributed by atoms with Crippen molar-refractivity contribution < 1.29 is 27.4 Å². The zero-order valence-corrected chi connectivity index (χ0v) is 19.4. The number of halogens is 3. The molecule has 2 aromatic heterocycles. The van der Waals surface area contributed by atoms with Gasteiger partial charge in [-0.2, -0.15) is 13.2 Å². The Labute approximate surface area is 198 Å². The predicted molar refractivity (Wildman–Crippen MR) is 121 cm³/mol. The number of para-hydroxylation sites is 2. The standard InChI is InChI=1S/C23H23F3N4O3S/c1-4-9-29-21(20-11-32-18-7-5-6-8-19(18)33-20)27-28-22(29)34-12-17(31)16-10-14(2)30(15(16)3)13-23(24,25)26/h4-8,10,20H,1,9,11-13H2,2-3H3/t20-/m0/s1. The normalized spacial score (nSPS) is 15.4. The molecule has 0 saturated heterocycles. The van der Waals surface area contributed by atoms with Gasteiger partial charge in [-0.1, -0.05) is 30.0 Å². The largest absolute Gasteiger partial charge is 0.485 e. The van der Waals surface area contributed by atoms with E-state index in [0.29, 0.717) is 40.4 Å². The Hall–Kier alpha value is -3.21. The second-order valence-corrected chi connectivity index (χ2v) is 8.74. The Kier molecular flexibility index (Phi) is 6.74. The number of carbonyl (C=O) groups excluding carboxylic acids is 1. The Morgan fingerprint density at radius 3 is 2.68 bits per heavy atom. The van der Waals surface area contributed by atoms with Crippen LogP contribution in [0.3, 0.4) is 0 Å². The van der Waals surface area contributed by atoms with Gasteiger partial charge in [-0.15, -0.1) is 16.8 Å². The number of nitrogens with zero attached hydrogens (tertiary/aromatic N) is 4. The van der Waals surface area contributed by atoms with Gasteiger partial charge in [-0.25, -0.2) is 0 Å². The zero-order chi connectivity index (χ0) is 24.5. The van der Waals surface area contributed by atoms with Crippen molar-refractivity contribution in [3.8, 4) is 11.5 Å². The number of allylic oxidation sites excluding steroid dienone is 1. The van der Waals surface area contributed by atoms with Gasteiger partial charge in [0.15, 0.2) is 34.4 Å². The van der Waals surface area contributed by atoms with Crippen molar-refractivity contribution >= 4 is 17.5 Å². The SMILES string of the molecule is C=CCn1c(SCC(=O)c2cc(C)n(CC(F)(F)F)c2C)nnc1[C@@H]1COc2ccccc2O1. The van der Waals surface area contributed by atoms with Crippen LogP contribution in [0, 0.1) is 13.8 Å². The molecule has 0 saturated carbocycles. The first-order chi connectivity index (χ1) is 16.2. The highest BCUT2D eigenvalue weighted by Gasteiger charge is 2.31. The van der Waals surface area contributed by atoms with Crippen LogP contribution in [0.5, 0.6) is 11.5 Å². The highest BCUT2D eigenvalue weighted by Crippen LogP contribution is 2.36. The molecule has 7 nitrogen and oxygen atoms in total. The highest BCUT2D eigenvalue weighted by molar-refractivity contribution is 7.99. The van der Waals surface area contributed by atoms with Gasteiger partial charge in [0.05, 0.1) is 5.75 Å². The van der Waals surface area contributed by atoms with Crippen LogP contribution in [0.1, 0.15) is 33.7 Å². The van der Waals surface area contributed by atoms with E-state index in [2.05, 4.69) is 16.8 Å². The van der Waals surface area contributed by atoms with Gasteiger partial charge in [0.25, 0.3) is 0 Å². The van der Waals surface area contributed by atoms with Gasteiger partial charge in [-0.05, 0) is 32.0 Å². The number of thioether (sulfide) groups is 1. The number of benzene rings is 1. The summed E-state index contributed by atoms with van der Waals surface area (Å²) < 4.78 is 53.3. The molecule has 1 aromatic carbocycles. The van der Waals surface area contributed by atoms with Gasteiger partial charge < -0.3 is 14.0 Å². The quantitative estimate of drug-likeness (QED) is 0.252. The fraction of sp³-hybridized carbons (Fsp3) is 0.348. The average molecular weight is 493 g/mol. The van der Waals surface area contributed by atoms with E-state index >= 15 is 0 Å². The monoisotopic (exact) mass is 492 g/mol. The smallest absolute Gasteiger partial charge is 0.406 e. The maximum absolute atomic E-state index is 12.9. The van der Waals surface area contributed by atoms with E-state index in [1.165, 1.54) is 13.0 Å². The van der Waals surface area contributed by atoms with E-state index in [4.69, 9.17) is 9.47 Å². The summed E-state index contributed by atoms with van der Waals surface area (Å²) in [6.45, 7) is 6.36. The number of alkyl halides is 3. The van der Waals surface area contributed by atoms with Crippen LogP contribution < -0.4 is 9.47 Å². The lowest BCUT2D eigenvalue weighted by Crippen LogP contribution is -2.25. The molecule has 1 aliphatic rings. The van der Waals surface area contributed by atoms with Gasteiger partial charge in [0.1, 0.15) is 13.2 Å². The maximum Gasteiger partial charge on any atom is 0.406 e. The number of aromatic nitrogens is 4. The van der Waals surface area contributed by atoms with Crippen molar-refractivity contribution in [3.63, 3.8) is 0 Å². The summed E-state index contributed by atoms with van der Waals surface area (Å²) in [6.07, 6.45) is -3.18. The lowest BCUT2D eigenvalue weighted by atomic mass is 10.2. The predicted octanol–water partition coefficient (Wildman–Crippen LogP) is 4.93. The Balaban J connectivity index is 1.50. The molecule has 1 atom stereocenters. The molecule has 1 aliphatic heterocycles. The maximum atomic E-state index is 12.9. The molecule has 34 heavy (non-hydrogen) atoms. The second kappa shape index (κ2) is 9.57. The summed E-state index contributed by atoms with van der Waals surface area (Å²) in [5.74, 6) is 1.50. The third-order valence-corrected chi connectivity index (χ3v) is 6.36. The first-order valence-electron chi connectivity index (χ1n) is 10.5. The minimum Gasteiger partial charge on any atom is -0.485 e. The summed E-state index contributed by atoms with van der Waals surface area (Å²) in [4.78, 5) is 12.8. The molecule has 0 aliphatic carbocycles. The molecular weight excluding hydrogens is 469 g/mol. The molecule has 0 amide bonds.